The van der Waals surface area contributed by atoms with E-state index in [0.29, 0.717) is 17.9 Å². The standard InChI is InChI=1S/C19H25N3O3S/c1-5-10-20-18(23)13(3)21-19(24)15-8-6-7-9-17(15)26-11-16-12(2)22-25-14(16)4/h6-9,13H,5,10-11H2,1-4H3,(H,20,23)(H,21,24). The van der Waals surface area contributed by atoms with Gasteiger partial charge in [-0.1, -0.05) is 24.2 Å². The molecule has 2 amide bonds. The molecular weight excluding hydrogens is 350 g/mol. The molecule has 26 heavy (non-hydrogen) atoms. The van der Waals surface area contributed by atoms with Crippen molar-refractivity contribution in [2.24, 2.45) is 0 Å². The van der Waals surface area contributed by atoms with Crippen LogP contribution in [0, 0.1) is 13.8 Å². The smallest absolute Gasteiger partial charge is 0.253 e. The quantitative estimate of drug-likeness (QED) is 0.692. The molecule has 0 spiro atoms. The lowest BCUT2D eigenvalue weighted by Gasteiger charge is -2.15. The number of aromatic nitrogens is 1. The highest BCUT2D eigenvalue weighted by Gasteiger charge is 2.19. The largest absolute Gasteiger partial charge is 0.361 e. The van der Waals surface area contributed by atoms with E-state index in [4.69, 9.17) is 4.52 Å². The van der Waals surface area contributed by atoms with Crippen LogP contribution in [0.25, 0.3) is 0 Å². The molecule has 0 aliphatic heterocycles. The van der Waals surface area contributed by atoms with Gasteiger partial charge in [0.15, 0.2) is 0 Å². The third-order valence-electron chi connectivity index (χ3n) is 3.98. The van der Waals surface area contributed by atoms with Crippen LogP contribution >= 0.6 is 11.8 Å². The molecule has 0 radical (unpaired) electrons. The number of carbonyl (C=O) groups is 2. The minimum atomic E-state index is -0.588. The van der Waals surface area contributed by atoms with Gasteiger partial charge in [-0.2, -0.15) is 0 Å². The molecule has 1 aromatic heterocycles. The Kier molecular flexibility index (Phi) is 7.26. The fourth-order valence-electron chi connectivity index (χ4n) is 2.38. The summed E-state index contributed by atoms with van der Waals surface area (Å²) in [4.78, 5) is 25.4. The molecule has 0 aliphatic carbocycles. The van der Waals surface area contributed by atoms with Crippen LogP contribution in [-0.2, 0) is 10.5 Å². The Balaban J connectivity index is 2.05. The van der Waals surface area contributed by atoms with Gasteiger partial charge in [-0.05, 0) is 39.3 Å². The molecule has 1 heterocycles. The number of rotatable bonds is 8. The molecule has 140 valence electrons. The number of hydrogen-bond acceptors (Lipinski definition) is 5. The number of aryl methyl sites for hydroxylation is 2. The second kappa shape index (κ2) is 9.43. The van der Waals surface area contributed by atoms with Gasteiger partial charge in [-0.15, -0.1) is 11.8 Å². The predicted octanol–water partition coefficient (Wildman–Crippen LogP) is 3.23. The van der Waals surface area contributed by atoms with Crippen molar-refractivity contribution in [3.05, 3.63) is 46.8 Å². The summed E-state index contributed by atoms with van der Waals surface area (Å²) >= 11 is 1.55. The SMILES string of the molecule is CCCNC(=O)C(C)NC(=O)c1ccccc1SCc1c(C)noc1C. The highest BCUT2D eigenvalue weighted by Crippen LogP contribution is 2.28. The Morgan fingerprint density at radius 3 is 2.65 bits per heavy atom. The summed E-state index contributed by atoms with van der Waals surface area (Å²) in [5.41, 5.74) is 2.45. The number of nitrogens with one attached hydrogen (secondary N) is 2. The monoisotopic (exact) mass is 375 g/mol. The van der Waals surface area contributed by atoms with Crippen LogP contribution in [0.2, 0.25) is 0 Å². The lowest BCUT2D eigenvalue weighted by atomic mass is 10.2. The molecule has 1 unspecified atom stereocenters. The molecule has 2 rings (SSSR count). The summed E-state index contributed by atoms with van der Waals surface area (Å²) in [6.45, 7) is 8.05. The highest BCUT2D eigenvalue weighted by atomic mass is 32.2. The lowest BCUT2D eigenvalue weighted by molar-refractivity contribution is -0.122. The first-order valence-electron chi connectivity index (χ1n) is 8.66. The van der Waals surface area contributed by atoms with Crippen LogP contribution in [-0.4, -0.2) is 29.6 Å². The molecule has 0 saturated heterocycles. The third kappa shape index (κ3) is 5.11. The molecule has 0 bridgehead atoms. The maximum Gasteiger partial charge on any atom is 0.253 e. The van der Waals surface area contributed by atoms with Crippen molar-refractivity contribution in [3.8, 4) is 0 Å². The van der Waals surface area contributed by atoms with E-state index in [1.54, 1.807) is 24.8 Å². The van der Waals surface area contributed by atoms with Gasteiger partial charge in [0.2, 0.25) is 5.91 Å². The van der Waals surface area contributed by atoms with Crippen molar-refractivity contribution < 1.29 is 14.1 Å². The number of nitrogens with zero attached hydrogens (tertiary/aromatic N) is 1. The van der Waals surface area contributed by atoms with Gasteiger partial charge < -0.3 is 15.2 Å². The van der Waals surface area contributed by atoms with E-state index in [1.165, 1.54) is 0 Å². The van der Waals surface area contributed by atoms with Crippen molar-refractivity contribution in [3.63, 3.8) is 0 Å². The van der Waals surface area contributed by atoms with Gasteiger partial charge in [0, 0.05) is 22.8 Å². The summed E-state index contributed by atoms with van der Waals surface area (Å²) in [6, 6.07) is 6.79. The van der Waals surface area contributed by atoms with E-state index in [9.17, 15) is 9.59 Å². The van der Waals surface area contributed by atoms with Crippen LogP contribution in [0.4, 0.5) is 0 Å². The Hall–Kier alpha value is -2.28. The molecule has 7 heteroatoms. The fourth-order valence-corrected chi connectivity index (χ4v) is 3.58. The zero-order valence-electron chi connectivity index (χ0n) is 15.6. The van der Waals surface area contributed by atoms with E-state index in [0.717, 1.165) is 28.3 Å². The second-order valence-electron chi connectivity index (χ2n) is 6.07. The van der Waals surface area contributed by atoms with Crippen LogP contribution in [0.5, 0.6) is 0 Å². The number of amides is 2. The zero-order valence-corrected chi connectivity index (χ0v) is 16.4. The van der Waals surface area contributed by atoms with Crippen LogP contribution in [0.3, 0.4) is 0 Å². The molecule has 0 saturated carbocycles. The Bertz CT molecular complexity index is 754. The molecule has 0 fully saturated rings. The van der Waals surface area contributed by atoms with E-state index < -0.39 is 6.04 Å². The first-order valence-corrected chi connectivity index (χ1v) is 9.64. The molecular formula is C19H25N3O3S. The Morgan fingerprint density at radius 1 is 1.27 bits per heavy atom. The number of hydrogen-bond donors (Lipinski definition) is 2. The van der Waals surface area contributed by atoms with Gasteiger partial charge in [0.05, 0.1) is 11.3 Å². The minimum absolute atomic E-state index is 0.180. The van der Waals surface area contributed by atoms with E-state index >= 15 is 0 Å². The van der Waals surface area contributed by atoms with Gasteiger partial charge >= 0.3 is 0 Å². The Labute approximate surface area is 158 Å². The molecule has 1 atom stereocenters. The summed E-state index contributed by atoms with van der Waals surface area (Å²) in [5.74, 6) is 1.02. The fraction of sp³-hybridized carbons (Fsp3) is 0.421. The lowest BCUT2D eigenvalue weighted by Crippen LogP contribution is -2.45. The molecule has 6 nitrogen and oxygen atoms in total. The van der Waals surface area contributed by atoms with Gasteiger partial charge in [0.25, 0.3) is 5.91 Å². The first kappa shape index (κ1) is 20.0. The first-order chi connectivity index (χ1) is 12.4. The van der Waals surface area contributed by atoms with Crippen molar-refractivity contribution in [1.29, 1.82) is 0 Å². The average Bonchev–Trinajstić information content (AvgIpc) is 2.95. The van der Waals surface area contributed by atoms with Crippen LogP contribution in [0.15, 0.2) is 33.7 Å². The zero-order chi connectivity index (χ0) is 19.1. The maximum atomic E-state index is 12.6. The van der Waals surface area contributed by atoms with Gasteiger partial charge in [-0.25, -0.2) is 0 Å². The number of thioether (sulfide) groups is 1. The molecule has 2 aromatic rings. The van der Waals surface area contributed by atoms with Gasteiger partial charge in [0.1, 0.15) is 11.8 Å². The van der Waals surface area contributed by atoms with Crippen LogP contribution in [0.1, 0.15) is 47.6 Å². The van der Waals surface area contributed by atoms with Gasteiger partial charge in [-0.3, -0.25) is 9.59 Å². The highest BCUT2D eigenvalue weighted by molar-refractivity contribution is 7.98. The van der Waals surface area contributed by atoms with Crippen molar-refractivity contribution in [2.75, 3.05) is 6.54 Å². The van der Waals surface area contributed by atoms with E-state index in [1.807, 2.05) is 39.0 Å². The van der Waals surface area contributed by atoms with Crippen molar-refractivity contribution in [1.82, 2.24) is 15.8 Å². The molecule has 1 aromatic carbocycles. The summed E-state index contributed by atoms with van der Waals surface area (Å²) < 4.78 is 5.19. The predicted molar refractivity (Wildman–Crippen MR) is 102 cm³/mol. The molecule has 0 aliphatic rings. The number of carbonyl (C=O) groups excluding carboxylic acids is 2. The van der Waals surface area contributed by atoms with Crippen molar-refractivity contribution >= 4 is 23.6 Å². The molecule has 2 N–H and O–H groups in total. The normalized spacial score (nSPS) is 11.8. The second-order valence-corrected chi connectivity index (χ2v) is 7.09. The van der Waals surface area contributed by atoms with Crippen LogP contribution < -0.4 is 10.6 Å². The third-order valence-corrected chi connectivity index (χ3v) is 5.08. The van der Waals surface area contributed by atoms with E-state index in [-0.39, 0.29) is 11.8 Å². The average molecular weight is 375 g/mol. The summed E-state index contributed by atoms with van der Waals surface area (Å²) in [5, 5.41) is 9.51. The number of benzene rings is 1. The topological polar surface area (TPSA) is 84.2 Å². The summed E-state index contributed by atoms with van der Waals surface area (Å²) in [6.07, 6.45) is 0.855. The minimum Gasteiger partial charge on any atom is -0.361 e. The van der Waals surface area contributed by atoms with E-state index in [2.05, 4.69) is 15.8 Å². The summed E-state index contributed by atoms with van der Waals surface area (Å²) in [7, 11) is 0. The van der Waals surface area contributed by atoms with Crippen molar-refractivity contribution in [2.45, 2.75) is 50.8 Å². The Morgan fingerprint density at radius 2 is 2.00 bits per heavy atom. The maximum absolute atomic E-state index is 12.6.